The zero-order valence-electron chi connectivity index (χ0n) is 40.5. The summed E-state index contributed by atoms with van der Waals surface area (Å²) in [5.41, 5.74) is 3.28. The van der Waals surface area contributed by atoms with E-state index in [1.54, 1.807) is 0 Å². The molecule has 0 radical (unpaired) electrons. The van der Waals surface area contributed by atoms with Crippen LogP contribution < -0.4 is 0 Å². The van der Waals surface area contributed by atoms with E-state index in [0.29, 0.717) is 12.8 Å². The molecule has 4 N–H and O–H groups in total. The highest BCUT2D eigenvalue weighted by atomic mass is 32.2. The lowest BCUT2D eigenvalue weighted by atomic mass is 10.00. The summed E-state index contributed by atoms with van der Waals surface area (Å²) in [4.78, 5) is 25.5. The highest BCUT2D eigenvalue weighted by Gasteiger charge is 2.46. The number of hydrogen-bond donors (Lipinski definition) is 4. The molecule has 1 saturated heterocycles. The molecule has 6 atom stereocenters. The molecule has 0 spiro atoms. The topological polar surface area (TPSA) is 186 Å². The van der Waals surface area contributed by atoms with Gasteiger partial charge in [0, 0.05) is 12.8 Å². The summed E-state index contributed by atoms with van der Waals surface area (Å²) in [6.45, 7) is 3.77. The Bertz CT molecular complexity index is 1290. The van der Waals surface area contributed by atoms with Crippen molar-refractivity contribution in [2.75, 3.05) is 19.0 Å². The maximum Gasteiger partial charge on any atom is 0.306 e. The predicted octanol–water partition coefficient (Wildman–Crippen LogP) is 11.6. The molecule has 0 aromatic carbocycles. The highest BCUT2D eigenvalue weighted by Crippen LogP contribution is 2.24. The molecular weight excluding hydrogens is 837 g/mol. The molecule has 13 heteroatoms. The number of unbranched alkanes of at least 4 members (excludes halogenated alkanes) is 30. The summed E-state index contributed by atoms with van der Waals surface area (Å²) in [7, 11) is -4.60. The van der Waals surface area contributed by atoms with Crippen molar-refractivity contribution in [1.82, 2.24) is 0 Å². The number of esters is 2. The van der Waals surface area contributed by atoms with E-state index in [1.807, 2.05) is 0 Å². The van der Waals surface area contributed by atoms with E-state index in [4.69, 9.17) is 18.9 Å². The van der Waals surface area contributed by atoms with Gasteiger partial charge < -0.3 is 34.3 Å². The molecule has 0 bridgehead atoms. The van der Waals surface area contributed by atoms with E-state index in [1.165, 1.54) is 141 Å². The van der Waals surface area contributed by atoms with Crippen LogP contribution in [0.25, 0.3) is 0 Å². The molecule has 1 fully saturated rings. The lowest BCUT2D eigenvalue weighted by Gasteiger charge is -2.40. The molecule has 64 heavy (non-hydrogen) atoms. The molecule has 1 rings (SSSR count). The molecule has 1 heterocycles. The van der Waals surface area contributed by atoms with Crippen molar-refractivity contribution in [2.45, 2.75) is 275 Å². The van der Waals surface area contributed by atoms with Crippen molar-refractivity contribution < 1.29 is 56.8 Å². The molecule has 2 unspecified atom stereocenters. The van der Waals surface area contributed by atoms with E-state index in [9.17, 15) is 37.9 Å². The average Bonchev–Trinajstić information content (AvgIpc) is 3.26. The SMILES string of the molecule is CCCCCCCC=C=CCCCCCCCC(=O)OC[C@H](CO[C@H]1O[C@H](CS(=O)(=O)O)[C@@H](O)C(O)C1O)OC(=O)CCCCCCCCCCCCCCCCCCCCCCC. The average molecular weight is 931 g/mol. The van der Waals surface area contributed by atoms with Gasteiger partial charge in [-0.1, -0.05) is 187 Å². The van der Waals surface area contributed by atoms with E-state index in [0.717, 1.165) is 57.8 Å². The van der Waals surface area contributed by atoms with Crippen molar-refractivity contribution in [3.8, 4) is 0 Å². The predicted molar refractivity (Wildman–Crippen MR) is 255 cm³/mol. The van der Waals surface area contributed by atoms with Crippen LogP contribution in [0.4, 0.5) is 0 Å². The molecule has 0 aromatic rings. The Hall–Kier alpha value is -1.83. The van der Waals surface area contributed by atoms with Crippen LogP contribution in [0.3, 0.4) is 0 Å². The number of allylic oxidation sites excluding steroid dienone is 1. The van der Waals surface area contributed by atoms with Crippen molar-refractivity contribution in [1.29, 1.82) is 0 Å². The lowest BCUT2D eigenvalue weighted by Crippen LogP contribution is -2.60. The molecular formula is C51H94O12S. The van der Waals surface area contributed by atoms with Gasteiger partial charge in [0.2, 0.25) is 0 Å². The molecule has 0 saturated carbocycles. The second-order valence-corrected chi connectivity index (χ2v) is 19.8. The van der Waals surface area contributed by atoms with Gasteiger partial charge in [0.05, 0.1) is 6.61 Å². The fourth-order valence-corrected chi connectivity index (χ4v) is 8.76. The summed E-state index contributed by atoms with van der Waals surface area (Å²) >= 11 is 0. The van der Waals surface area contributed by atoms with E-state index in [2.05, 4.69) is 31.7 Å². The summed E-state index contributed by atoms with van der Waals surface area (Å²) in [5, 5.41) is 31.0. The van der Waals surface area contributed by atoms with Crippen molar-refractivity contribution in [3.63, 3.8) is 0 Å². The van der Waals surface area contributed by atoms with Crippen LogP contribution in [0.15, 0.2) is 17.9 Å². The van der Waals surface area contributed by atoms with E-state index < -0.39 is 71.2 Å². The van der Waals surface area contributed by atoms with Crippen LogP contribution in [0.5, 0.6) is 0 Å². The summed E-state index contributed by atoms with van der Waals surface area (Å²) in [5.74, 6) is -1.99. The maximum absolute atomic E-state index is 12.9. The number of carbonyl (C=O) groups is 2. The minimum atomic E-state index is -4.60. The molecule has 1 aliphatic rings. The minimum absolute atomic E-state index is 0.165. The number of aliphatic hydroxyl groups excluding tert-OH is 3. The normalized spacial score (nSPS) is 19.2. The molecule has 0 aromatic heterocycles. The number of carbonyl (C=O) groups excluding carboxylic acids is 2. The Kier molecular flexibility index (Phi) is 38.9. The third-order valence-electron chi connectivity index (χ3n) is 12.1. The van der Waals surface area contributed by atoms with Crippen LogP contribution in [-0.4, -0.2) is 96.0 Å². The quantitative estimate of drug-likeness (QED) is 0.0196. The molecule has 0 amide bonds. The first-order chi connectivity index (χ1) is 31.0. The summed E-state index contributed by atoms with van der Waals surface area (Å²) < 4.78 is 54.2. The Balaban J connectivity index is 2.36. The lowest BCUT2D eigenvalue weighted by molar-refractivity contribution is -0.297. The fourth-order valence-electron chi connectivity index (χ4n) is 8.07. The van der Waals surface area contributed by atoms with Crippen LogP contribution in [0, 0.1) is 0 Å². The summed E-state index contributed by atoms with van der Waals surface area (Å²) in [6.07, 6.45) is 34.6. The number of aliphatic hydroxyl groups is 3. The third-order valence-corrected chi connectivity index (χ3v) is 12.9. The number of ether oxygens (including phenoxy) is 4. The largest absolute Gasteiger partial charge is 0.462 e. The van der Waals surface area contributed by atoms with Crippen LogP contribution >= 0.6 is 0 Å². The van der Waals surface area contributed by atoms with Gasteiger partial charge in [-0.3, -0.25) is 14.1 Å². The summed E-state index contributed by atoms with van der Waals surface area (Å²) in [6, 6.07) is 0. The second kappa shape index (κ2) is 41.4. The van der Waals surface area contributed by atoms with Gasteiger partial charge in [-0.05, 0) is 50.7 Å². The zero-order valence-corrected chi connectivity index (χ0v) is 41.3. The van der Waals surface area contributed by atoms with Crippen LogP contribution in [0.1, 0.15) is 239 Å². The first kappa shape index (κ1) is 60.2. The third kappa shape index (κ3) is 35.4. The number of hydrogen-bond acceptors (Lipinski definition) is 11. The smallest absolute Gasteiger partial charge is 0.306 e. The van der Waals surface area contributed by atoms with Crippen molar-refractivity contribution >= 4 is 22.1 Å². The van der Waals surface area contributed by atoms with Crippen LogP contribution in [-0.2, 0) is 38.7 Å². The first-order valence-electron chi connectivity index (χ1n) is 26.0. The van der Waals surface area contributed by atoms with Gasteiger partial charge in [0.1, 0.15) is 36.8 Å². The monoisotopic (exact) mass is 931 g/mol. The van der Waals surface area contributed by atoms with Gasteiger partial charge in [0.25, 0.3) is 10.1 Å². The van der Waals surface area contributed by atoms with Gasteiger partial charge in [-0.15, -0.1) is 5.73 Å². The molecule has 376 valence electrons. The Morgan fingerprint density at radius 1 is 0.547 bits per heavy atom. The molecule has 1 aliphatic heterocycles. The highest BCUT2D eigenvalue weighted by molar-refractivity contribution is 7.85. The maximum atomic E-state index is 12.9. The molecule has 12 nitrogen and oxygen atoms in total. The number of rotatable bonds is 44. The van der Waals surface area contributed by atoms with Gasteiger partial charge >= 0.3 is 11.9 Å². The van der Waals surface area contributed by atoms with Crippen molar-refractivity contribution in [2.24, 2.45) is 0 Å². The Labute approximate surface area is 389 Å². The fraction of sp³-hybridized carbons (Fsp3) is 0.902. The van der Waals surface area contributed by atoms with Crippen molar-refractivity contribution in [3.05, 3.63) is 17.9 Å². The Morgan fingerprint density at radius 2 is 0.938 bits per heavy atom. The standard InChI is InChI=1S/C51H94O12S/c1-3-5-7-9-11-13-15-17-19-20-21-22-23-24-26-28-30-32-34-36-38-40-47(53)62-44(42-61-51-50(56)49(55)48(54)45(63-51)43-64(57,58)59)41-60-46(52)39-37-35-33-31-29-27-25-18-16-14-12-10-8-6-4-2/h16,25,44-45,48-51,54-56H,3-15,17,19-24,26-43H2,1-2H3,(H,57,58,59)/t18?,44-,45-,48-,49?,50?,51+/m1/s1. The first-order valence-corrected chi connectivity index (χ1v) is 27.6. The minimum Gasteiger partial charge on any atom is -0.462 e. The van der Waals surface area contributed by atoms with E-state index in [-0.39, 0.29) is 19.4 Å². The zero-order chi connectivity index (χ0) is 46.9. The van der Waals surface area contributed by atoms with Gasteiger partial charge in [-0.2, -0.15) is 8.42 Å². The van der Waals surface area contributed by atoms with Crippen LogP contribution in [0.2, 0.25) is 0 Å². The van der Waals surface area contributed by atoms with Gasteiger partial charge in [0.15, 0.2) is 12.4 Å². The van der Waals surface area contributed by atoms with E-state index >= 15 is 0 Å². The van der Waals surface area contributed by atoms with Gasteiger partial charge in [-0.25, -0.2) is 0 Å². The second-order valence-electron chi connectivity index (χ2n) is 18.3. The Morgan fingerprint density at radius 3 is 1.36 bits per heavy atom. The molecule has 0 aliphatic carbocycles.